The lowest BCUT2D eigenvalue weighted by atomic mass is 10.1. The molecule has 0 saturated carbocycles. The molecule has 0 aliphatic rings. The Bertz CT molecular complexity index is 469. The van der Waals surface area contributed by atoms with Crippen LogP contribution in [0.5, 0.6) is 0 Å². The molecule has 1 rings (SSSR count). The van der Waals surface area contributed by atoms with Crippen molar-refractivity contribution in [2.24, 2.45) is 0 Å². The summed E-state index contributed by atoms with van der Waals surface area (Å²) in [6.45, 7) is 1.43. The van der Waals surface area contributed by atoms with E-state index in [0.717, 1.165) is 23.9 Å². The Morgan fingerprint density at radius 3 is 2.61 bits per heavy atom. The van der Waals surface area contributed by atoms with Crippen LogP contribution in [0.3, 0.4) is 0 Å². The smallest absolute Gasteiger partial charge is 0.288 e. The molecule has 1 aromatic rings. The van der Waals surface area contributed by atoms with Gasteiger partial charge in [-0.2, -0.15) is 13.2 Å². The van der Waals surface area contributed by atoms with Crippen LogP contribution in [-0.2, 0) is 11.0 Å². The van der Waals surface area contributed by atoms with E-state index in [9.17, 15) is 18.0 Å². The quantitative estimate of drug-likeness (QED) is 0.807. The number of carbonyl (C=O) groups is 1. The lowest BCUT2D eigenvalue weighted by Gasteiger charge is -2.08. The van der Waals surface area contributed by atoms with Crippen molar-refractivity contribution in [3.05, 3.63) is 40.4 Å². The minimum Gasteiger partial charge on any atom is -0.288 e. The van der Waals surface area contributed by atoms with Crippen molar-refractivity contribution in [1.82, 2.24) is 0 Å². The molecule has 0 bridgehead atoms. The molecule has 1 nitrogen and oxygen atoms in total. The summed E-state index contributed by atoms with van der Waals surface area (Å²) in [5.41, 5.74) is -0.423. The van der Waals surface area contributed by atoms with Gasteiger partial charge in [-0.15, -0.1) is 0 Å². The van der Waals surface area contributed by atoms with E-state index in [1.807, 2.05) is 0 Å². The fourth-order valence-electron chi connectivity index (χ4n) is 1.22. The van der Waals surface area contributed by atoms with Crippen LogP contribution in [0.15, 0.2) is 24.3 Å². The maximum atomic E-state index is 12.5. The molecule has 0 spiro atoms. The maximum Gasteiger partial charge on any atom is 0.416 e. The van der Waals surface area contributed by atoms with Crippen molar-refractivity contribution in [2.75, 3.05) is 5.75 Å². The first-order valence-corrected chi connectivity index (χ1v) is 6.33. The molecule has 98 valence electrons. The molecule has 0 atom stereocenters. The van der Waals surface area contributed by atoms with Crippen LogP contribution in [0.4, 0.5) is 13.2 Å². The van der Waals surface area contributed by atoms with Crippen LogP contribution in [0.2, 0.25) is 5.02 Å². The highest BCUT2D eigenvalue weighted by Crippen LogP contribution is 2.32. The van der Waals surface area contributed by atoms with Gasteiger partial charge in [-0.3, -0.25) is 4.79 Å². The Kier molecular flexibility index (Phi) is 5.28. The highest BCUT2D eigenvalue weighted by atomic mass is 35.5. The van der Waals surface area contributed by atoms with E-state index in [0.29, 0.717) is 11.3 Å². The Morgan fingerprint density at radius 2 is 2.06 bits per heavy atom. The third-order valence-corrected chi connectivity index (χ3v) is 2.92. The van der Waals surface area contributed by atoms with Crippen LogP contribution in [0.25, 0.3) is 6.08 Å². The SMILES string of the molecule is CC(=O)SCC=Cc1cc(Cl)cc(C(F)(F)F)c1. The van der Waals surface area contributed by atoms with E-state index in [4.69, 9.17) is 11.6 Å². The summed E-state index contributed by atoms with van der Waals surface area (Å²) < 4.78 is 37.5. The molecule has 0 amide bonds. The number of halogens is 4. The van der Waals surface area contributed by atoms with Gasteiger partial charge >= 0.3 is 6.18 Å². The van der Waals surface area contributed by atoms with Crippen LogP contribution in [-0.4, -0.2) is 10.9 Å². The molecule has 1 aromatic carbocycles. The van der Waals surface area contributed by atoms with Crippen LogP contribution in [0, 0.1) is 0 Å². The second-order valence-electron chi connectivity index (χ2n) is 3.48. The summed E-state index contributed by atoms with van der Waals surface area (Å²) in [5, 5.41) is -0.00887. The maximum absolute atomic E-state index is 12.5. The van der Waals surface area contributed by atoms with Gasteiger partial charge in [0.25, 0.3) is 0 Å². The van der Waals surface area contributed by atoms with Crippen LogP contribution in [0.1, 0.15) is 18.1 Å². The molecule has 6 heteroatoms. The molecule has 0 heterocycles. The normalized spacial score (nSPS) is 12.1. The predicted molar refractivity (Wildman–Crippen MR) is 68.6 cm³/mol. The first-order valence-electron chi connectivity index (χ1n) is 4.97. The average molecular weight is 295 g/mol. The number of rotatable bonds is 3. The second-order valence-corrected chi connectivity index (χ2v) is 5.11. The monoisotopic (exact) mass is 294 g/mol. The first-order chi connectivity index (χ1) is 8.29. The van der Waals surface area contributed by atoms with Crippen molar-refractivity contribution in [2.45, 2.75) is 13.1 Å². The number of carbonyl (C=O) groups excluding carboxylic acids is 1. The largest absolute Gasteiger partial charge is 0.416 e. The van der Waals surface area contributed by atoms with Crippen molar-refractivity contribution >= 4 is 34.6 Å². The molecule has 0 N–H and O–H groups in total. The summed E-state index contributed by atoms with van der Waals surface area (Å²) in [7, 11) is 0. The average Bonchev–Trinajstić information content (AvgIpc) is 2.22. The minimum absolute atomic E-state index is 0.0312. The summed E-state index contributed by atoms with van der Waals surface area (Å²) in [5.74, 6) is 0.420. The lowest BCUT2D eigenvalue weighted by Crippen LogP contribution is -2.04. The van der Waals surface area contributed by atoms with Crippen molar-refractivity contribution < 1.29 is 18.0 Å². The van der Waals surface area contributed by atoms with Crippen molar-refractivity contribution in [1.29, 1.82) is 0 Å². The van der Waals surface area contributed by atoms with Gasteiger partial charge < -0.3 is 0 Å². The highest BCUT2D eigenvalue weighted by molar-refractivity contribution is 8.13. The molecule has 0 aliphatic carbocycles. The van der Waals surface area contributed by atoms with Gasteiger partial charge in [0, 0.05) is 17.7 Å². The van der Waals surface area contributed by atoms with Crippen LogP contribution < -0.4 is 0 Å². The standard InChI is InChI=1S/C12H10ClF3OS/c1-8(17)18-4-2-3-9-5-10(12(14,15)16)7-11(13)6-9/h2-3,5-7H,4H2,1H3. The Hall–Kier alpha value is -0.940. The summed E-state index contributed by atoms with van der Waals surface area (Å²) in [6, 6.07) is 3.33. The van der Waals surface area contributed by atoms with Gasteiger partial charge in [-0.25, -0.2) is 0 Å². The predicted octanol–water partition coefficient (Wildman–Crippen LogP) is 4.65. The number of alkyl halides is 3. The van der Waals surface area contributed by atoms with E-state index in [2.05, 4.69) is 0 Å². The van der Waals surface area contributed by atoms with Gasteiger partial charge in [0.05, 0.1) is 5.56 Å². The topological polar surface area (TPSA) is 17.1 Å². The summed E-state index contributed by atoms with van der Waals surface area (Å²) in [6.07, 6.45) is -1.28. The summed E-state index contributed by atoms with van der Waals surface area (Å²) >= 11 is 6.71. The van der Waals surface area contributed by atoms with Gasteiger partial charge in [-0.1, -0.05) is 35.5 Å². The zero-order valence-corrected chi connectivity index (χ0v) is 11.0. The lowest BCUT2D eigenvalue weighted by molar-refractivity contribution is -0.137. The number of benzene rings is 1. The van der Waals surface area contributed by atoms with E-state index in [1.165, 1.54) is 19.1 Å². The third kappa shape index (κ3) is 5.14. The third-order valence-electron chi connectivity index (χ3n) is 1.94. The molecule has 0 aromatic heterocycles. The van der Waals surface area contributed by atoms with E-state index >= 15 is 0 Å². The zero-order valence-electron chi connectivity index (χ0n) is 9.42. The zero-order chi connectivity index (χ0) is 13.8. The Labute approximate surface area is 112 Å². The molecule has 0 unspecified atom stereocenters. The fraction of sp³-hybridized carbons (Fsp3) is 0.250. The number of hydrogen-bond donors (Lipinski definition) is 0. The van der Waals surface area contributed by atoms with E-state index in [-0.39, 0.29) is 10.1 Å². The molecule has 0 fully saturated rings. The van der Waals surface area contributed by atoms with Gasteiger partial charge in [0.1, 0.15) is 0 Å². The molecule has 18 heavy (non-hydrogen) atoms. The molecule has 0 saturated heterocycles. The van der Waals surface area contributed by atoms with Gasteiger partial charge in [0.15, 0.2) is 5.12 Å². The fourth-order valence-corrected chi connectivity index (χ4v) is 1.89. The highest BCUT2D eigenvalue weighted by Gasteiger charge is 2.30. The Morgan fingerprint density at radius 1 is 1.39 bits per heavy atom. The Balaban J connectivity index is 2.84. The molecule has 0 aliphatic heterocycles. The number of thioether (sulfide) groups is 1. The van der Waals surface area contributed by atoms with Crippen LogP contribution >= 0.6 is 23.4 Å². The second kappa shape index (κ2) is 6.29. The van der Waals surface area contributed by atoms with Crippen molar-refractivity contribution in [3.8, 4) is 0 Å². The molecule has 0 radical (unpaired) electrons. The minimum atomic E-state index is -4.42. The number of hydrogen-bond acceptors (Lipinski definition) is 2. The van der Waals surface area contributed by atoms with E-state index < -0.39 is 11.7 Å². The molecular formula is C12H10ClF3OS. The first kappa shape index (κ1) is 15.1. The van der Waals surface area contributed by atoms with Gasteiger partial charge in [0.2, 0.25) is 0 Å². The summed E-state index contributed by atoms with van der Waals surface area (Å²) in [4.78, 5) is 10.7. The van der Waals surface area contributed by atoms with Gasteiger partial charge in [-0.05, 0) is 23.8 Å². The van der Waals surface area contributed by atoms with Crippen molar-refractivity contribution in [3.63, 3.8) is 0 Å². The van der Waals surface area contributed by atoms with E-state index in [1.54, 1.807) is 6.08 Å². The molecular weight excluding hydrogens is 285 g/mol.